The summed E-state index contributed by atoms with van der Waals surface area (Å²) in [4.78, 5) is 59.3. The molecular weight excluding hydrogens is 398 g/mol. The van der Waals surface area contributed by atoms with E-state index in [4.69, 9.17) is 9.15 Å². The molecule has 0 fully saturated rings. The number of nitrogens with one attached hydrogen (secondary N) is 1. The van der Waals surface area contributed by atoms with Crippen molar-refractivity contribution in [3.63, 3.8) is 0 Å². The predicted octanol–water partition coefficient (Wildman–Crippen LogP) is 1.63. The normalized spacial score (nSPS) is 10.1. The molecule has 1 amide bonds. The largest absolute Gasteiger partial charge is 0.465 e. The Labute approximate surface area is 170 Å². The van der Waals surface area contributed by atoms with E-state index < -0.39 is 36.0 Å². The van der Waals surface area contributed by atoms with Crippen LogP contribution in [-0.2, 0) is 19.0 Å². The highest BCUT2D eigenvalue weighted by molar-refractivity contribution is 6.00. The standard InChI is InChI=1S/C20H19NO9/c1-10-5-16(23)30-11(2)17(10)20(26)29-9-15(22)21-14-7-12(18(24)27-3)6-13(8-14)19(25)28-4/h5-8H,9H2,1-4H3,(H,21,22). The fourth-order valence-corrected chi connectivity index (χ4v) is 2.63. The van der Waals surface area contributed by atoms with Crippen LogP contribution in [0.25, 0.3) is 0 Å². The minimum atomic E-state index is -0.845. The maximum atomic E-state index is 12.2. The summed E-state index contributed by atoms with van der Waals surface area (Å²) in [5.41, 5.74) is -0.0918. The van der Waals surface area contributed by atoms with Crippen molar-refractivity contribution in [3.05, 3.63) is 62.7 Å². The summed E-state index contributed by atoms with van der Waals surface area (Å²) in [7, 11) is 2.33. The van der Waals surface area contributed by atoms with E-state index in [1.54, 1.807) is 0 Å². The van der Waals surface area contributed by atoms with Gasteiger partial charge in [0.2, 0.25) is 0 Å². The van der Waals surface area contributed by atoms with Crippen LogP contribution in [0.4, 0.5) is 5.69 Å². The summed E-state index contributed by atoms with van der Waals surface area (Å²) < 4.78 is 19.1. The minimum Gasteiger partial charge on any atom is -0.465 e. The Hall–Kier alpha value is -3.95. The summed E-state index contributed by atoms with van der Waals surface area (Å²) in [6.45, 7) is 2.30. The van der Waals surface area contributed by atoms with Crippen LogP contribution in [0.3, 0.4) is 0 Å². The van der Waals surface area contributed by atoms with Gasteiger partial charge in [-0.2, -0.15) is 0 Å². The first-order valence-electron chi connectivity index (χ1n) is 8.56. The fourth-order valence-electron chi connectivity index (χ4n) is 2.63. The second-order valence-electron chi connectivity index (χ2n) is 6.09. The molecule has 1 heterocycles. The summed E-state index contributed by atoms with van der Waals surface area (Å²) in [5, 5.41) is 2.42. The quantitative estimate of drug-likeness (QED) is 0.549. The fraction of sp³-hybridized carbons (Fsp3) is 0.250. The molecule has 158 valence electrons. The molecule has 30 heavy (non-hydrogen) atoms. The topological polar surface area (TPSA) is 138 Å². The van der Waals surface area contributed by atoms with Gasteiger partial charge in [-0.25, -0.2) is 19.2 Å². The second-order valence-corrected chi connectivity index (χ2v) is 6.09. The van der Waals surface area contributed by atoms with Crippen LogP contribution >= 0.6 is 0 Å². The van der Waals surface area contributed by atoms with Gasteiger partial charge in [-0.1, -0.05) is 0 Å². The van der Waals surface area contributed by atoms with Crippen molar-refractivity contribution in [3.8, 4) is 0 Å². The van der Waals surface area contributed by atoms with Crippen LogP contribution in [0.5, 0.6) is 0 Å². The molecule has 0 atom stereocenters. The molecule has 0 aliphatic heterocycles. The molecular formula is C20H19NO9. The lowest BCUT2D eigenvalue weighted by Gasteiger charge is -2.11. The van der Waals surface area contributed by atoms with Crippen LogP contribution in [0.1, 0.15) is 42.4 Å². The Kier molecular flexibility index (Phi) is 7.08. The number of aryl methyl sites for hydroxylation is 2. The van der Waals surface area contributed by atoms with Gasteiger partial charge in [0.15, 0.2) is 6.61 Å². The first kappa shape index (κ1) is 22.3. The molecule has 0 bridgehead atoms. The van der Waals surface area contributed by atoms with Crippen LogP contribution in [0.15, 0.2) is 33.5 Å². The van der Waals surface area contributed by atoms with Crippen LogP contribution in [0.2, 0.25) is 0 Å². The number of carbonyl (C=O) groups is 4. The first-order chi connectivity index (χ1) is 14.2. The van der Waals surface area contributed by atoms with Crippen molar-refractivity contribution in [2.24, 2.45) is 0 Å². The summed E-state index contributed by atoms with van der Waals surface area (Å²) >= 11 is 0. The number of methoxy groups -OCH3 is 2. The van der Waals surface area contributed by atoms with Gasteiger partial charge in [0.05, 0.1) is 25.3 Å². The Bertz CT molecular complexity index is 1010. The average molecular weight is 417 g/mol. The van der Waals surface area contributed by atoms with E-state index in [1.165, 1.54) is 46.3 Å². The lowest BCUT2D eigenvalue weighted by molar-refractivity contribution is -0.119. The van der Waals surface area contributed by atoms with Gasteiger partial charge in [-0.05, 0) is 37.6 Å². The SMILES string of the molecule is COC(=O)c1cc(NC(=O)COC(=O)c2c(C)cc(=O)oc2C)cc(C(=O)OC)c1. The zero-order valence-electron chi connectivity index (χ0n) is 16.7. The minimum absolute atomic E-state index is 0.0123. The predicted molar refractivity (Wildman–Crippen MR) is 102 cm³/mol. The highest BCUT2D eigenvalue weighted by Crippen LogP contribution is 2.17. The summed E-state index contributed by atoms with van der Waals surface area (Å²) in [6, 6.07) is 4.97. The van der Waals surface area contributed by atoms with E-state index in [0.717, 1.165) is 6.07 Å². The number of rotatable bonds is 6. The van der Waals surface area contributed by atoms with Crippen molar-refractivity contribution in [2.75, 3.05) is 26.1 Å². The van der Waals surface area contributed by atoms with Crippen LogP contribution < -0.4 is 10.9 Å². The Morgan fingerprint density at radius 1 is 0.900 bits per heavy atom. The Morgan fingerprint density at radius 2 is 1.47 bits per heavy atom. The van der Waals surface area contributed by atoms with Gasteiger partial charge in [0.25, 0.3) is 5.91 Å². The third-order valence-electron chi connectivity index (χ3n) is 3.93. The summed E-state index contributed by atoms with van der Waals surface area (Å²) in [6.07, 6.45) is 0. The van der Waals surface area contributed by atoms with E-state index in [2.05, 4.69) is 14.8 Å². The van der Waals surface area contributed by atoms with Gasteiger partial charge in [0, 0.05) is 11.8 Å². The molecule has 0 aliphatic carbocycles. The number of hydrogen-bond donors (Lipinski definition) is 1. The average Bonchev–Trinajstić information content (AvgIpc) is 2.69. The molecule has 1 aromatic carbocycles. The maximum Gasteiger partial charge on any atom is 0.342 e. The molecule has 1 aromatic heterocycles. The second kappa shape index (κ2) is 9.50. The molecule has 10 nitrogen and oxygen atoms in total. The zero-order chi connectivity index (χ0) is 22.4. The van der Waals surface area contributed by atoms with E-state index in [-0.39, 0.29) is 28.1 Å². The molecule has 2 aromatic rings. The van der Waals surface area contributed by atoms with Gasteiger partial charge >= 0.3 is 23.5 Å². The third-order valence-corrected chi connectivity index (χ3v) is 3.93. The van der Waals surface area contributed by atoms with Gasteiger partial charge in [-0.15, -0.1) is 0 Å². The maximum absolute atomic E-state index is 12.2. The number of benzene rings is 1. The van der Waals surface area contributed by atoms with Crippen molar-refractivity contribution < 1.29 is 37.8 Å². The molecule has 0 saturated heterocycles. The molecule has 1 N–H and O–H groups in total. The monoisotopic (exact) mass is 417 g/mol. The molecule has 0 radical (unpaired) electrons. The van der Waals surface area contributed by atoms with Gasteiger partial charge in [0.1, 0.15) is 11.3 Å². The smallest absolute Gasteiger partial charge is 0.342 e. The van der Waals surface area contributed by atoms with Crippen molar-refractivity contribution in [1.82, 2.24) is 0 Å². The molecule has 2 rings (SSSR count). The summed E-state index contributed by atoms with van der Waals surface area (Å²) in [5.74, 6) is -2.95. The van der Waals surface area contributed by atoms with Crippen molar-refractivity contribution in [2.45, 2.75) is 13.8 Å². The van der Waals surface area contributed by atoms with Crippen molar-refractivity contribution in [1.29, 1.82) is 0 Å². The molecule has 10 heteroatoms. The number of carbonyl (C=O) groups excluding carboxylic acids is 4. The lowest BCUT2D eigenvalue weighted by Crippen LogP contribution is -2.22. The third kappa shape index (κ3) is 5.31. The zero-order valence-corrected chi connectivity index (χ0v) is 16.7. The van der Waals surface area contributed by atoms with Gasteiger partial charge in [-0.3, -0.25) is 4.79 Å². The van der Waals surface area contributed by atoms with E-state index in [9.17, 15) is 24.0 Å². The highest BCUT2D eigenvalue weighted by Gasteiger charge is 2.19. The molecule has 0 saturated carbocycles. The number of hydrogen-bond acceptors (Lipinski definition) is 9. The first-order valence-corrected chi connectivity index (χ1v) is 8.56. The number of amides is 1. The molecule has 0 unspecified atom stereocenters. The number of esters is 3. The van der Waals surface area contributed by atoms with E-state index in [0.29, 0.717) is 5.56 Å². The Morgan fingerprint density at radius 3 is 1.97 bits per heavy atom. The highest BCUT2D eigenvalue weighted by atomic mass is 16.5. The van der Waals surface area contributed by atoms with Crippen LogP contribution in [0, 0.1) is 13.8 Å². The lowest BCUT2D eigenvalue weighted by atomic mass is 10.1. The van der Waals surface area contributed by atoms with E-state index >= 15 is 0 Å². The molecule has 0 aliphatic rings. The van der Waals surface area contributed by atoms with Gasteiger partial charge < -0.3 is 23.9 Å². The number of anilines is 1. The van der Waals surface area contributed by atoms with Crippen molar-refractivity contribution >= 4 is 29.5 Å². The Balaban J connectivity index is 2.14. The van der Waals surface area contributed by atoms with E-state index in [1.807, 2.05) is 0 Å². The number of ether oxygens (including phenoxy) is 3. The molecule has 0 spiro atoms. The van der Waals surface area contributed by atoms with Crippen LogP contribution in [-0.4, -0.2) is 44.6 Å².